The highest BCUT2D eigenvalue weighted by molar-refractivity contribution is 6.21. The number of nitrogens with zero attached hydrogens (tertiary/aromatic N) is 1. The Morgan fingerprint density at radius 1 is 0.857 bits per heavy atom. The van der Waals surface area contributed by atoms with E-state index < -0.39 is 29.4 Å². The van der Waals surface area contributed by atoms with E-state index in [0.29, 0.717) is 22.4 Å². The number of alkyl carbamates (subject to hydrolysis) is 1. The highest BCUT2D eigenvalue weighted by atomic mass is 16.6. The van der Waals surface area contributed by atoms with Crippen LogP contribution < -0.4 is 16.0 Å². The zero-order valence-electron chi connectivity index (χ0n) is 19.8. The summed E-state index contributed by atoms with van der Waals surface area (Å²) in [5.41, 5.74) is 1.13. The number of amides is 5. The molecule has 1 heterocycles. The molecule has 0 unspecified atom stereocenters. The van der Waals surface area contributed by atoms with Crippen LogP contribution in [0.1, 0.15) is 53.5 Å². The molecule has 0 saturated carbocycles. The molecule has 35 heavy (non-hydrogen) atoms. The van der Waals surface area contributed by atoms with Gasteiger partial charge in [0.1, 0.15) is 12.1 Å². The van der Waals surface area contributed by atoms with Crippen LogP contribution in [0.25, 0.3) is 0 Å². The Kier molecular flexibility index (Phi) is 7.85. The third-order valence-electron chi connectivity index (χ3n) is 5.00. The van der Waals surface area contributed by atoms with Gasteiger partial charge in [-0.3, -0.25) is 24.1 Å². The van der Waals surface area contributed by atoms with Gasteiger partial charge in [-0.25, -0.2) is 4.79 Å². The first-order valence-electron chi connectivity index (χ1n) is 11.1. The molecule has 0 atom stereocenters. The van der Waals surface area contributed by atoms with Crippen molar-refractivity contribution in [3.8, 4) is 0 Å². The zero-order valence-corrected chi connectivity index (χ0v) is 19.8. The molecule has 10 nitrogen and oxygen atoms in total. The number of carbonyl (C=O) groups excluding carboxylic acids is 5. The summed E-state index contributed by atoms with van der Waals surface area (Å²) < 4.78 is 5.08. The molecular formula is C25H28N4O6. The number of benzene rings is 2. The molecule has 10 heteroatoms. The maximum absolute atomic E-state index is 12.5. The van der Waals surface area contributed by atoms with Crippen LogP contribution in [0.3, 0.4) is 0 Å². The van der Waals surface area contributed by atoms with E-state index in [1.807, 2.05) is 0 Å². The molecule has 0 fully saturated rings. The van der Waals surface area contributed by atoms with Crippen molar-refractivity contribution < 1.29 is 28.7 Å². The second-order valence-corrected chi connectivity index (χ2v) is 8.90. The first-order chi connectivity index (χ1) is 16.5. The van der Waals surface area contributed by atoms with E-state index in [9.17, 15) is 24.0 Å². The molecular weight excluding hydrogens is 452 g/mol. The Morgan fingerprint density at radius 2 is 1.46 bits per heavy atom. The minimum atomic E-state index is -0.696. The number of rotatable bonds is 8. The van der Waals surface area contributed by atoms with Crippen LogP contribution in [0, 0.1) is 0 Å². The van der Waals surface area contributed by atoms with Crippen LogP contribution in [0.4, 0.5) is 10.5 Å². The Labute approximate surface area is 203 Å². The third kappa shape index (κ3) is 6.89. The number of nitrogens with one attached hydrogen (secondary N) is 3. The maximum atomic E-state index is 12.5. The molecule has 0 bridgehead atoms. The standard InChI is InChI=1S/C25H28N4O6/c1-25(2,3)35-24(34)27-15-21(31)26-14-16-8-4-7-11-19(16)28-20(30)12-13-29-22(32)17-9-5-6-10-18(17)23(29)33/h4-11H,12-15H2,1-3H3,(H,26,31)(H,27,34)(H,28,30). The van der Waals surface area contributed by atoms with Gasteiger partial charge >= 0.3 is 6.09 Å². The van der Waals surface area contributed by atoms with Gasteiger partial charge < -0.3 is 20.7 Å². The Balaban J connectivity index is 1.49. The molecule has 2 aromatic rings. The van der Waals surface area contributed by atoms with Crippen molar-refractivity contribution in [2.75, 3.05) is 18.4 Å². The summed E-state index contributed by atoms with van der Waals surface area (Å²) in [5, 5.41) is 7.80. The minimum absolute atomic E-state index is 0.0482. The molecule has 184 valence electrons. The normalized spacial score (nSPS) is 12.7. The van der Waals surface area contributed by atoms with Crippen LogP contribution in [0.15, 0.2) is 48.5 Å². The van der Waals surface area contributed by atoms with Gasteiger partial charge in [0.25, 0.3) is 11.8 Å². The second kappa shape index (κ2) is 10.8. The lowest BCUT2D eigenvalue weighted by atomic mass is 10.1. The van der Waals surface area contributed by atoms with Crippen molar-refractivity contribution >= 4 is 35.4 Å². The van der Waals surface area contributed by atoms with Crippen LogP contribution in [-0.2, 0) is 20.9 Å². The lowest BCUT2D eigenvalue weighted by Crippen LogP contribution is -2.39. The molecule has 3 rings (SSSR count). The van der Waals surface area contributed by atoms with E-state index in [0.717, 1.165) is 4.90 Å². The number of hydrogen-bond acceptors (Lipinski definition) is 6. The van der Waals surface area contributed by atoms with E-state index in [-0.39, 0.29) is 32.0 Å². The molecule has 0 radical (unpaired) electrons. The Morgan fingerprint density at radius 3 is 2.09 bits per heavy atom. The van der Waals surface area contributed by atoms with Crippen LogP contribution >= 0.6 is 0 Å². The van der Waals surface area contributed by atoms with Crippen LogP contribution in [0.5, 0.6) is 0 Å². The molecule has 0 aliphatic carbocycles. The van der Waals surface area contributed by atoms with Gasteiger partial charge in [-0.2, -0.15) is 0 Å². The summed E-state index contributed by atoms with van der Waals surface area (Å²) in [6.07, 6.45) is -0.773. The third-order valence-corrected chi connectivity index (χ3v) is 5.00. The fourth-order valence-electron chi connectivity index (χ4n) is 3.39. The first kappa shape index (κ1) is 25.4. The molecule has 3 N–H and O–H groups in total. The van der Waals surface area contributed by atoms with Crippen molar-refractivity contribution in [3.63, 3.8) is 0 Å². The molecule has 0 aromatic heterocycles. The lowest BCUT2D eigenvalue weighted by Gasteiger charge is -2.19. The number of ether oxygens (including phenoxy) is 1. The van der Waals surface area contributed by atoms with Gasteiger partial charge in [0.2, 0.25) is 11.8 Å². The lowest BCUT2D eigenvalue weighted by molar-refractivity contribution is -0.120. The quantitative estimate of drug-likeness (QED) is 0.497. The van der Waals surface area contributed by atoms with Crippen molar-refractivity contribution in [1.82, 2.24) is 15.5 Å². The number of fused-ring (bicyclic) bond motifs is 1. The summed E-state index contributed by atoms with van der Waals surface area (Å²) in [7, 11) is 0. The summed E-state index contributed by atoms with van der Waals surface area (Å²) >= 11 is 0. The number of imide groups is 1. The summed E-state index contributed by atoms with van der Waals surface area (Å²) in [6.45, 7) is 4.97. The van der Waals surface area contributed by atoms with E-state index in [1.54, 1.807) is 69.3 Å². The Bertz CT molecular complexity index is 1120. The van der Waals surface area contributed by atoms with E-state index in [1.165, 1.54) is 0 Å². The fourth-order valence-corrected chi connectivity index (χ4v) is 3.39. The SMILES string of the molecule is CC(C)(C)OC(=O)NCC(=O)NCc1ccccc1NC(=O)CCN1C(=O)c2ccccc2C1=O. The average Bonchev–Trinajstić information content (AvgIpc) is 3.04. The highest BCUT2D eigenvalue weighted by Gasteiger charge is 2.35. The van der Waals surface area contributed by atoms with Gasteiger partial charge in [0.05, 0.1) is 11.1 Å². The van der Waals surface area contributed by atoms with Gasteiger partial charge in [0, 0.05) is 25.2 Å². The number of para-hydroxylation sites is 1. The fraction of sp³-hybridized carbons (Fsp3) is 0.320. The number of hydrogen-bond donors (Lipinski definition) is 3. The topological polar surface area (TPSA) is 134 Å². The van der Waals surface area contributed by atoms with Crippen LogP contribution in [0.2, 0.25) is 0 Å². The van der Waals surface area contributed by atoms with E-state index in [2.05, 4.69) is 16.0 Å². The summed E-state index contributed by atoms with van der Waals surface area (Å²) in [4.78, 5) is 62.2. The predicted octanol–water partition coefficient (Wildman–Crippen LogP) is 2.45. The van der Waals surface area contributed by atoms with Crippen molar-refractivity contribution in [3.05, 3.63) is 65.2 Å². The minimum Gasteiger partial charge on any atom is -0.444 e. The molecule has 2 aromatic carbocycles. The van der Waals surface area contributed by atoms with E-state index >= 15 is 0 Å². The van der Waals surface area contributed by atoms with Crippen LogP contribution in [-0.4, -0.2) is 53.3 Å². The molecule has 5 amide bonds. The Hall–Kier alpha value is -4.21. The van der Waals surface area contributed by atoms with Gasteiger partial charge in [0.15, 0.2) is 0 Å². The maximum Gasteiger partial charge on any atom is 0.408 e. The number of anilines is 1. The summed E-state index contributed by atoms with van der Waals surface area (Å²) in [5.74, 6) is -1.64. The molecule has 1 aliphatic rings. The van der Waals surface area contributed by atoms with Crippen molar-refractivity contribution in [1.29, 1.82) is 0 Å². The second-order valence-electron chi connectivity index (χ2n) is 8.90. The smallest absolute Gasteiger partial charge is 0.408 e. The molecule has 0 spiro atoms. The monoisotopic (exact) mass is 480 g/mol. The largest absolute Gasteiger partial charge is 0.444 e. The van der Waals surface area contributed by atoms with Gasteiger partial charge in [-0.15, -0.1) is 0 Å². The number of carbonyl (C=O) groups is 5. The van der Waals surface area contributed by atoms with Crippen molar-refractivity contribution in [2.45, 2.75) is 39.3 Å². The average molecular weight is 481 g/mol. The molecule has 1 aliphatic heterocycles. The highest BCUT2D eigenvalue weighted by Crippen LogP contribution is 2.22. The van der Waals surface area contributed by atoms with Crippen molar-refractivity contribution in [2.24, 2.45) is 0 Å². The first-order valence-corrected chi connectivity index (χ1v) is 11.1. The van der Waals surface area contributed by atoms with Gasteiger partial charge in [-0.05, 0) is 44.5 Å². The summed E-state index contributed by atoms with van der Waals surface area (Å²) in [6, 6.07) is 13.4. The zero-order chi connectivity index (χ0) is 25.6. The van der Waals surface area contributed by atoms with Gasteiger partial charge in [-0.1, -0.05) is 30.3 Å². The molecule has 0 saturated heterocycles. The predicted molar refractivity (Wildman–Crippen MR) is 128 cm³/mol. The van der Waals surface area contributed by atoms with E-state index in [4.69, 9.17) is 4.74 Å².